The Morgan fingerprint density at radius 2 is 1.56 bits per heavy atom. The topological polar surface area (TPSA) is 69.9 Å². The largest absolute Gasteiger partial charge is 0.388 e. The second-order valence-electron chi connectivity index (χ2n) is 4.14. The molecule has 1 aromatic rings. The number of rotatable bonds is 1. The zero-order valence-corrected chi connectivity index (χ0v) is 9.02. The first-order chi connectivity index (χ1) is 7.61. The van der Waals surface area contributed by atoms with E-state index in [1.807, 2.05) is 30.3 Å². The van der Waals surface area contributed by atoms with Gasteiger partial charge in [-0.1, -0.05) is 30.3 Å². The lowest BCUT2D eigenvalue weighted by atomic mass is 9.92. The fraction of sp³-hybridized carbons (Fsp3) is 0.500. The summed E-state index contributed by atoms with van der Waals surface area (Å²) in [7, 11) is 0. The average Bonchev–Trinajstić information content (AvgIpc) is 2.32. The molecular weight excluding hydrogens is 208 g/mol. The Hall–Kier alpha value is -0.940. The third-order valence-electron chi connectivity index (χ3n) is 2.98. The summed E-state index contributed by atoms with van der Waals surface area (Å²) in [4.78, 5) is 0. The third-order valence-corrected chi connectivity index (χ3v) is 2.98. The zero-order valence-electron chi connectivity index (χ0n) is 9.02. The molecule has 1 aromatic carbocycles. The minimum absolute atomic E-state index is 0.497. The molecule has 1 heterocycles. The van der Waals surface area contributed by atoms with Crippen molar-refractivity contribution in [2.24, 2.45) is 0 Å². The van der Waals surface area contributed by atoms with Gasteiger partial charge >= 0.3 is 0 Å². The van der Waals surface area contributed by atoms with Crippen molar-refractivity contribution >= 4 is 0 Å². The highest BCUT2D eigenvalue weighted by Gasteiger charge is 2.42. The zero-order chi connectivity index (χ0) is 11.7. The van der Waals surface area contributed by atoms with Crippen LogP contribution in [0.2, 0.25) is 0 Å². The van der Waals surface area contributed by atoms with Crippen LogP contribution in [0.3, 0.4) is 0 Å². The molecule has 2 rings (SSSR count). The molecule has 0 aliphatic carbocycles. The van der Waals surface area contributed by atoms with Crippen LogP contribution in [0.4, 0.5) is 0 Å². The van der Waals surface area contributed by atoms with Gasteiger partial charge in [0.1, 0.15) is 24.4 Å². The van der Waals surface area contributed by atoms with Gasteiger partial charge in [0.25, 0.3) is 0 Å². The van der Waals surface area contributed by atoms with E-state index in [1.54, 1.807) is 6.92 Å². The highest BCUT2D eigenvalue weighted by Crippen LogP contribution is 2.31. The molecule has 1 fully saturated rings. The number of aliphatic hydroxyl groups excluding tert-OH is 3. The van der Waals surface area contributed by atoms with Gasteiger partial charge in [0.05, 0.1) is 6.10 Å². The van der Waals surface area contributed by atoms with Crippen LogP contribution in [-0.2, 0) is 4.74 Å². The summed E-state index contributed by atoms with van der Waals surface area (Å²) < 4.78 is 5.51. The van der Waals surface area contributed by atoms with Gasteiger partial charge in [-0.2, -0.15) is 0 Å². The lowest BCUT2D eigenvalue weighted by molar-refractivity contribution is -0.219. The average molecular weight is 224 g/mol. The standard InChI is InChI=1S/C12H16O4/c1-7-9(13)10(14)11(15)12(16-7)8-5-3-2-4-6-8/h2-7,9-15H,1H3/t7-,9+,10-,11+,12-/m0/s1. The first kappa shape index (κ1) is 11.5. The Morgan fingerprint density at radius 1 is 0.938 bits per heavy atom. The molecule has 5 atom stereocenters. The molecule has 88 valence electrons. The van der Waals surface area contributed by atoms with E-state index in [1.165, 1.54) is 0 Å². The molecular formula is C12H16O4. The number of hydrogen-bond acceptors (Lipinski definition) is 4. The third kappa shape index (κ3) is 1.97. The minimum Gasteiger partial charge on any atom is -0.388 e. The van der Waals surface area contributed by atoms with Crippen LogP contribution in [0, 0.1) is 0 Å². The van der Waals surface area contributed by atoms with Gasteiger partial charge in [-0.15, -0.1) is 0 Å². The van der Waals surface area contributed by atoms with Crippen LogP contribution in [0.25, 0.3) is 0 Å². The van der Waals surface area contributed by atoms with Gasteiger partial charge in [0.2, 0.25) is 0 Å². The van der Waals surface area contributed by atoms with Crippen molar-refractivity contribution in [1.29, 1.82) is 0 Å². The fourth-order valence-corrected chi connectivity index (χ4v) is 1.97. The maximum Gasteiger partial charge on any atom is 0.113 e. The van der Waals surface area contributed by atoms with Crippen molar-refractivity contribution in [3.8, 4) is 0 Å². The quantitative estimate of drug-likeness (QED) is 0.638. The van der Waals surface area contributed by atoms with Gasteiger partial charge < -0.3 is 20.1 Å². The highest BCUT2D eigenvalue weighted by atomic mass is 16.5. The van der Waals surface area contributed by atoms with Crippen molar-refractivity contribution in [2.45, 2.75) is 37.4 Å². The van der Waals surface area contributed by atoms with Gasteiger partial charge in [0, 0.05) is 0 Å². The number of hydrogen-bond donors (Lipinski definition) is 3. The van der Waals surface area contributed by atoms with Gasteiger partial charge in [-0.3, -0.25) is 0 Å². The van der Waals surface area contributed by atoms with E-state index in [4.69, 9.17) is 4.74 Å². The van der Waals surface area contributed by atoms with Crippen LogP contribution >= 0.6 is 0 Å². The van der Waals surface area contributed by atoms with Crippen LogP contribution in [0.5, 0.6) is 0 Å². The van der Waals surface area contributed by atoms with Crippen molar-refractivity contribution in [2.75, 3.05) is 0 Å². The molecule has 1 aliphatic rings. The molecule has 1 aliphatic heterocycles. The summed E-state index contributed by atoms with van der Waals surface area (Å²) in [6, 6.07) is 9.20. The SMILES string of the molecule is C[C@@H]1O[C@@H](c2ccccc2)[C@H](O)[C@@H](O)[C@@H]1O. The van der Waals surface area contributed by atoms with Gasteiger partial charge in [-0.25, -0.2) is 0 Å². The molecule has 0 spiro atoms. The molecule has 16 heavy (non-hydrogen) atoms. The summed E-state index contributed by atoms with van der Waals surface area (Å²) in [6.45, 7) is 1.68. The maximum atomic E-state index is 9.84. The Labute approximate surface area is 94.1 Å². The van der Waals surface area contributed by atoms with E-state index in [0.29, 0.717) is 0 Å². The molecule has 0 radical (unpaired) electrons. The second-order valence-corrected chi connectivity index (χ2v) is 4.14. The molecule has 3 N–H and O–H groups in total. The van der Waals surface area contributed by atoms with Crippen molar-refractivity contribution in [3.05, 3.63) is 35.9 Å². The van der Waals surface area contributed by atoms with Crippen LogP contribution in [0.1, 0.15) is 18.6 Å². The summed E-state index contributed by atoms with van der Waals surface area (Å²) in [5.41, 5.74) is 0.799. The van der Waals surface area contributed by atoms with E-state index < -0.39 is 30.5 Å². The predicted molar refractivity (Wildman–Crippen MR) is 57.8 cm³/mol. The maximum absolute atomic E-state index is 9.84. The first-order valence-electron chi connectivity index (χ1n) is 5.36. The smallest absolute Gasteiger partial charge is 0.113 e. The highest BCUT2D eigenvalue weighted by molar-refractivity contribution is 5.20. The molecule has 4 heteroatoms. The van der Waals surface area contributed by atoms with Gasteiger partial charge in [0.15, 0.2) is 0 Å². The Kier molecular flexibility index (Phi) is 3.25. The Bertz CT molecular complexity index is 340. The lowest BCUT2D eigenvalue weighted by Crippen LogP contribution is -2.53. The fourth-order valence-electron chi connectivity index (χ4n) is 1.97. The van der Waals surface area contributed by atoms with Crippen LogP contribution in [-0.4, -0.2) is 39.7 Å². The molecule has 4 nitrogen and oxygen atoms in total. The van der Waals surface area contributed by atoms with Crippen molar-refractivity contribution in [1.82, 2.24) is 0 Å². The van der Waals surface area contributed by atoms with E-state index >= 15 is 0 Å². The Balaban J connectivity index is 2.23. The van der Waals surface area contributed by atoms with Gasteiger partial charge in [-0.05, 0) is 12.5 Å². The van der Waals surface area contributed by atoms with Crippen LogP contribution in [0.15, 0.2) is 30.3 Å². The molecule has 1 saturated heterocycles. The molecule has 0 amide bonds. The van der Waals surface area contributed by atoms with Crippen molar-refractivity contribution in [3.63, 3.8) is 0 Å². The number of ether oxygens (including phenoxy) is 1. The Morgan fingerprint density at radius 3 is 2.19 bits per heavy atom. The van der Waals surface area contributed by atoms with Crippen LogP contribution < -0.4 is 0 Å². The predicted octanol–water partition coefficient (Wildman–Crippen LogP) is 0.229. The summed E-state index contributed by atoms with van der Waals surface area (Å²) in [6.07, 6.45) is -4.41. The number of aliphatic hydroxyl groups is 3. The first-order valence-corrected chi connectivity index (χ1v) is 5.36. The molecule has 0 unspecified atom stereocenters. The monoisotopic (exact) mass is 224 g/mol. The molecule has 0 aromatic heterocycles. The summed E-state index contributed by atoms with van der Waals surface area (Å²) in [5.74, 6) is 0. The molecule has 0 bridgehead atoms. The molecule has 0 saturated carbocycles. The van der Waals surface area contributed by atoms with E-state index in [9.17, 15) is 15.3 Å². The lowest BCUT2D eigenvalue weighted by Gasteiger charge is -2.39. The van der Waals surface area contributed by atoms with E-state index in [2.05, 4.69) is 0 Å². The normalized spacial score (nSPS) is 39.6. The van der Waals surface area contributed by atoms with E-state index in [-0.39, 0.29) is 0 Å². The van der Waals surface area contributed by atoms with Crippen molar-refractivity contribution < 1.29 is 20.1 Å². The van der Waals surface area contributed by atoms with E-state index in [0.717, 1.165) is 5.56 Å². The summed E-state index contributed by atoms with van der Waals surface area (Å²) in [5, 5.41) is 29.1. The number of benzene rings is 1. The second kappa shape index (κ2) is 4.51. The minimum atomic E-state index is -1.17. The summed E-state index contributed by atoms with van der Waals surface area (Å²) >= 11 is 0.